The molecular weight excluding hydrogens is 492 g/mol. The number of fused-ring (bicyclic) bond motifs is 3. The monoisotopic (exact) mass is 526 g/mol. The fraction of sp³-hybridized carbons (Fsp3) is 0.333. The molecule has 0 aliphatic carbocycles. The van der Waals surface area contributed by atoms with Crippen molar-refractivity contribution in [2.24, 2.45) is 0 Å². The van der Waals surface area contributed by atoms with Gasteiger partial charge in [-0.05, 0) is 48.2 Å². The van der Waals surface area contributed by atoms with Crippen LogP contribution in [0.5, 0.6) is 5.75 Å². The number of carbonyl (C=O) groups is 1. The minimum atomic E-state index is -0.0793. The van der Waals surface area contributed by atoms with Crippen molar-refractivity contribution in [3.8, 4) is 16.9 Å². The van der Waals surface area contributed by atoms with E-state index >= 15 is 0 Å². The van der Waals surface area contributed by atoms with Crippen molar-refractivity contribution in [2.45, 2.75) is 32.9 Å². The maximum atomic E-state index is 13.0. The maximum Gasteiger partial charge on any atom is 0.239 e. The Bertz CT molecular complexity index is 1390. The highest BCUT2D eigenvalue weighted by atomic mass is 16.5. The summed E-state index contributed by atoms with van der Waals surface area (Å²) in [5, 5.41) is 7.32. The van der Waals surface area contributed by atoms with Crippen molar-refractivity contribution in [3.63, 3.8) is 0 Å². The first-order valence-electron chi connectivity index (χ1n) is 13.3. The van der Waals surface area contributed by atoms with E-state index in [1.54, 1.807) is 10.9 Å². The summed E-state index contributed by atoms with van der Waals surface area (Å²) in [6.07, 6.45) is 7.58. The van der Waals surface area contributed by atoms with Crippen molar-refractivity contribution in [1.82, 2.24) is 24.6 Å². The topological polar surface area (TPSA) is 94.4 Å². The van der Waals surface area contributed by atoms with Crippen molar-refractivity contribution >= 4 is 11.7 Å². The average Bonchev–Trinajstić information content (AvgIpc) is 3.40. The third-order valence-corrected chi connectivity index (χ3v) is 6.58. The quantitative estimate of drug-likeness (QED) is 0.413. The fourth-order valence-electron chi connectivity index (χ4n) is 4.73. The molecule has 1 aliphatic heterocycles. The predicted molar refractivity (Wildman–Crippen MR) is 150 cm³/mol. The molecule has 3 heterocycles. The molecule has 0 unspecified atom stereocenters. The van der Waals surface area contributed by atoms with Gasteiger partial charge in [0.2, 0.25) is 5.91 Å². The molecule has 2 aromatic carbocycles. The van der Waals surface area contributed by atoms with Gasteiger partial charge in [-0.2, -0.15) is 5.10 Å². The summed E-state index contributed by atoms with van der Waals surface area (Å²) in [6.45, 7) is 6.99. The smallest absolute Gasteiger partial charge is 0.239 e. The molecule has 5 rings (SSSR count). The van der Waals surface area contributed by atoms with Crippen LogP contribution in [0.25, 0.3) is 11.1 Å². The van der Waals surface area contributed by atoms with Gasteiger partial charge in [0, 0.05) is 49.6 Å². The SMILES string of the molecule is CC(C)n1nccc1NC(=O)CN1CCOCCOc2ccc(-c3cncnc3)cc2Cc2cccc(c2)C1. The number of hydrogen-bond donors (Lipinski definition) is 1. The van der Waals surface area contributed by atoms with E-state index in [1.165, 1.54) is 11.9 Å². The summed E-state index contributed by atoms with van der Waals surface area (Å²) in [6, 6.07) is 16.7. The molecule has 4 aromatic rings. The molecule has 0 atom stereocenters. The molecule has 9 nitrogen and oxygen atoms in total. The van der Waals surface area contributed by atoms with Gasteiger partial charge >= 0.3 is 0 Å². The summed E-state index contributed by atoms with van der Waals surface area (Å²) in [4.78, 5) is 23.4. The third kappa shape index (κ3) is 7.07. The van der Waals surface area contributed by atoms with E-state index in [0.29, 0.717) is 45.1 Å². The second kappa shape index (κ2) is 12.6. The number of aromatic nitrogens is 4. The largest absolute Gasteiger partial charge is 0.491 e. The van der Waals surface area contributed by atoms with Crippen LogP contribution in [0.3, 0.4) is 0 Å². The minimum Gasteiger partial charge on any atom is -0.491 e. The number of hydrogen-bond acceptors (Lipinski definition) is 7. The number of nitrogens with zero attached hydrogens (tertiary/aromatic N) is 5. The molecule has 2 aromatic heterocycles. The Balaban J connectivity index is 1.35. The molecule has 2 bridgehead atoms. The molecular formula is C30H34N6O3. The highest BCUT2D eigenvalue weighted by Crippen LogP contribution is 2.28. The Hall–Kier alpha value is -4.08. The van der Waals surface area contributed by atoms with Gasteiger partial charge in [-0.15, -0.1) is 0 Å². The molecule has 0 saturated heterocycles. The van der Waals surface area contributed by atoms with Crippen LogP contribution in [0.2, 0.25) is 0 Å². The van der Waals surface area contributed by atoms with Gasteiger partial charge in [0.1, 0.15) is 24.5 Å². The zero-order chi connectivity index (χ0) is 27.0. The Morgan fingerprint density at radius 1 is 1.00 bits per heavy atom. The summed E-state index contributed by atoms with van der Waals surface area (Å²) in [5.41, 5.74) is 5.41. The number of amides is 1. The number of ether oxygens (including phenoxy) is 2. The van der Waals surface area contributed by atoms with Crippen molar-refractivity contribution < 1.29 is 14.3 Å². The Morgan fingerprint density at radius 3 is 2.69 bits per heavy atom. The molecule has 39 heavy (non-hydrogen) atoms. The van der Waals surface area contributed by atoms with Gasteiger partial charge < -0.3 is 14.8 Å². The van der Waals surface area contributed by atoms with Crippen molar-refractivity contribution in [3.05, 3.63) is 90.1 Å². The molecule has 0 saturated carbocycles. The second-order valence-corrected chi connectivity index (χ2v) is 9.92. The van der Waals surface area contributed by atoms with Crippen LogP contribution < -0.4 is 10.1 Å². The highest BCUT2D eigenvalue weighted by Gasteiger charge is 2.16. The Labute approximate surface area is 228 Å². The van der Waals surface area contributed by atoms with Gasteiger partial charge in [-0.25, -0.2) is 14.6 Å². The number of rotatable bonds is 5. The van der Waals surface area contributed by atoms with E-state index in [2.05, 4.69) is 55.6 Å². The summed E-state index contributed by atoms with van der Waals surface area (Å²) < 4.78 is 13.8. The lowest BCUT2D eigenvalue weighted by atomic mass is 9.98. The first-order chi connectivity index (χ1) is 19.0. The van der Waals surface area contributed by atoms with E-state index < -0.39 is 0 Å². The molecule has 1 N–H and O–H groups in total. The number of benzene rings is 2. The lowest BCUT2D eigenvalue weighted by Gasteiger charge is -2.23. The van der Waals surface area contributed by atoms with Crippen LogP contribution in [0, 0.1) is 0 Å². The predicted octanol–water partition coefficient (Wildman–Crippen LogP) is 4.36. The summed E-state index contributed by atoms with van der Waals surface area (Å²) in [5.74, 6) is 1.47. The van der Waals surface area contributed by atoms with Crippen LogP contribution in [0.1, 0.15) is 36.6 Å². The van der Waals surface area contributed by atoms with Gasteiger partial charge in [-0.3, -0.25) is 9.69 Å². The first-order valence-corrected chi connectivity index (χ1v) is 13.3. The molecule has 202 valence electrons. The van der Waals surface area contributed by atoms with Crippen LogP contribution in [0.4, 0.5) is 5.82 Å². The summed E-state index contributed by atoms with van der Waals surface area (Å²) >= 11 is 0. The first kappa shape index (κ1) is 26.5. The molecule has 0 radical (unpaired) electrons. The van der Waals surface area contributed by atoms with Crippen molar-refractivity contribution in [1.29, 1.82) is 0 Å². The van der Waals surface area contributed by atoms with E-state index in [0.717, 1.165) is 28.0 Å². The highest BCUT2D eigenvalue weighted by molar-refractivity contribution is 5.91. The zero-order valence-electron chi connectivity index (χ0n) is 22.4. The normalized spacial score (nSPS) is 14.7. The van der Waals surface area contributed by atoms with Gasteiger partial charge in [0.25, 0.3) is 0 Å². The van der Waals surface area contributed by atoms with Crippen LogP contribution >= 0.6 is 0 Å². The van der Waals surface area contributed by atoms with Crippen LogP contribution in [-0.2, 0) is 22.5 Å². The van der Waals surface area contributed by atoms with Gasteiger partial charge in [0.05, 0.1) is 26.0 Å². The molecule has 0 fully saturated rings. The van der Waals surface area contributed by atoms with E-state index in [1.807, 2.05) is 44.4 Å². The maximum absolute atomic E-state index is 13.0. The average molecular weight is 527 g/mol. The van der Waals surface area contributed by atoms with Crippen molar-refractivity contribution in [2.75, 3.05) is 38.2 Å². The third-order valence-electron chi connectivity index (χ3n) is 6.58. The Morgan fingerprint density at radius 2 is 1.85 bits per heavy atom. The van der Waals surface area contributed by atoms with E-state index in [9.17, 15) is 4.79 Å². The molecule has 9 heteroatoms. The zero-order valence-corrected chi connectivity index (χ0v) is 22.4. The standard InChI is InChI=1S/C30H34N6O3/c1-22(2)36-29(8-9-33-36)34-30(37)20-35-10-11-38-12-13-39-28-7-6-25(27-17-31-21-32-18-27)16-26(28)15-23-4-3-5-24(14-23)19-35/h3-9,14,16-18,21-22H,10-13,15,19-20H2,1-2H3,(H,34,37). The number of nitrogens with one attached hydrogen (secondary N) is 1. The van der Waals surface area contributed by atoms with Gasteiger partial charge in [0.15, 0.2) is 0 Å². The van der Waals surface area contributed by atoms with Crippen LogP contribution in [-0.4, -0.2) is 63.5 Å². The number of anilines is 1. The van der Waals surface area contributed by atoms with E-state index in [4.69, 9.17) is 9.47 Å². The number of carbonyl (C=O) groups excluding carboxylic acids is 1. The Kier molecular flexibility index (Phi) is 8.60. The van der Waals surface area contributed by atoms with E-state index in [-0.39, 0.29) is 18.5 Å². The van der Waals surface area contributed by atoms with Crippen LogP contribution in [0.15, 0.2) is 73.4 Å². The summed E-state index contributed by atoms with van der Waals surface area (Å²) in [7, 11) is 0. The minimum absolute atomic E-state index is 0.0793. The molecule has 0 spiro atoms. The molecule has 1 aliphatic rings. The molecule has 1 amide bonds. The lowest BCUT2D eigenvalue weighted by molar-refractivity contribution is -0.117. The lowest BCUT2D eigenvalue weighted by Crippen LogP contribution is -2.36. The fourth-order valence-corrected chi connectivity index (χ4v) is 4.73. The second-order valence-electron chi connectivity index (χ2n) is 9.92. The van der Waals surface area contributed by atoms with Gasteiger partial charge in [-0.1, -0.05) is 30.3 Å².